The quantitative estimate of drug-likeness (QED) is 0.260. The molecule has 3 aromatic rings. The SMILES string of the molecule is C.CO[C@H]1/C=C/C[C@H](C)CS(=O)(NC(=O)Nc2ccnc(C)c2)=NC(=O)c2ccc3c(c2)N(C[C@@H]2CC[C@H]21)C[C@@]1(CCCc2cc(Cl)ccc21)CO3. The van der Waals surface area contributed by atoms with Gasteiger partial charge < -0.3 is 19.7 Å². The number of pyridine rings is 1. The number of nitrogens with one attached hydrogen (secondary N) is 2. The van der Waals surface area contributed by atoms with Crippen LogP contribution < -0.4 is 19.7 Å². The van der Waals surface area contributed by atoms with E-state index in [1.54, 1.807) is 31.5 Å². The molecule has 4 aliphatic rings. The van der Waals surface area contributed by atoms with Crippen molar-refractivity contribution in [2.75, 3.05) is 42.8 Å². The van der Waals surface area contributed by atoms with Crippen molar-refractivity contribution in [3.63, 3.8) is 0 Å². The fraction of sp³-hybridized carbons (Fsp3) is 0.475. The number of ether oxygens (including phenoxy) is 2. The molecule has 0 radical (unpaired) electrons. The molecule has 0 saturated heterocycles. The molecule has 10 nitrogen and oxygen atoms in total. The smallest absolute Gasteiger partial charge is 0.331 e. The average Bonchev–Trinajstić information content (AvgIpc) is 3.22. The summed E-state index contributed by atoms with van der Waals surface area (Å²) >= 11 is 6.45. The number of carbonyl (C=O) groups excluding carboxylic acids is 2. The van der Waals surface area contributed by atoms with Crippen molar-refractivity contribution < 1.29 is 23.3 Å². The number of aromatic nitrogens is 1. The topological polar surface area (TPSA) is 122 Å². The summed E-state index contributed by atoms with van der Waals surface area (Å²) in [4.78, 5) is 33.7. The van der Waals surface area contributed by atoms with Gasteiger partial charge in [-0.25, -0.2) is 13.7 Å². The highest BCUT2D eigenvalue weighted by atomic mass is 35.5. The Labute approximate surface area is 313 Å². The molecule has 6 atom stereocenters. The van der Waals surface area contributed by atoms with Gasteiger partial charge in [-0.15, -0.1) is 4.36 Å². The molecule has 2 aromatic carbocycles. The molecule has 1 fully saturated rings. The van der Waals surface area contributed by atoms with Gasteiger partial charge in [-0.1, -0.05) is 44.2 Å². The average molecular weight is 748 g/mol. The van der Waals surface area contributed by atoms with Crippen LogP contribution in [0.3, 0.4) is 0 Å². The van der Waals surface area contributed by atoms with E-state index in [1.165, 1.54) is 11.1 Å². The van der Waals surface area contributed by atoms with E-state index in [9.17, 15) is 13.8 Å². The summed E-state index contributed by atoms with van der Waals surface area (Å²) in [7, 11) is -1.78. The maximum atomic E-state index is 14.5. The van der Waals surface area contributed by atoms with E-state index in [-0.39, 0.29) is 36.2 Å². The summed E-state index contributed by atoms with van der Waals surface area (Å²) in [6.45, 7) is 5.74. The van der Waals surface area contributed by atoms with Crippen molar-refractivity contribution in [1.82, 2.24) is 9.71 Å². The van der Waals surface area contributed by atoms with E-state index in [0.29, 0.717) is 48.5 Å². The van der Waals surface area contributed by atoms with Crippen LogP contribution in [0.4, 0.5) is 16.2 Å². The number of allylic oxidation sites excluding steroid dienone is 1. The molecule has 3 amide bonds. The largest absolute Gasteiger partial charge is 0.490 e. The number of nitrogens with zero attached hydrogens (tertiary/aromatic N) is 3. The number of urea groups is 1. The number of hydrogen-bond donors (Lipinski definition) is 2. The Morgan fingerprint density at radius 2 is 2.00 bits per heavy atom. The van der Waals surface area contributed by atoms with Crippen LogP contribution >= 0.6 is 11.6 Å². The second-order valence-electron chi connectivity index (χ2n) is 14.7. The normalized spacial score (nSPS) is 29.1. The summed E-state index contributed by atoms with van der Waals surface area (Å²) in [5.41, 5.74) is 4.58. The Kier molecular flexibility index (Phi) is 11.3. The van der Waals surface area contributed by atoms with Gasteiger partial charge in [0.1, 0.15) is 15.7 Å². The fourth-order valence-electron chi connectivity index (χ4n) is 8.29. The zero-order valence-corrected chi connectivity index (χ0v) is 31.0. The third-order valence-electron chi connectivity index (χ3n) is 10.9. The van der Waals surface area contributed by atoms with E-state index in [1.807, 2.05) is 32.0 Å². The van der Waals surface area contributed by atoms with Gasteiger partial charge in [0.2, 0.25) is 0 Å². The first-order valence-electron chi connectivity index (χ1n) is 17.8. The monoisotopic (exact) mass is 747 g/mol. The standard InChI is InChI=1S/C39H46ClN5O5S.CH4/c1-25-6-4-8-35(49-3)32-12-9-29(32)21-45-23-39(16-5-7-27-19-30(40)11-13-33(27)39)24-50-36-14-10-28(20-34(36)45)37(46)43-51(48,22-25)44-38(47)42-31-15-17-41-26(2)18-31;/h4,8,10-11,13-15,17-20,25,29,32,35H,5-7,9,12,16,21-24H2,1-3H3,(H2,41,42,43,44,46,47,48);1H4/b8-4+;/t25-,29-,32+,35-,39-,51?;/m0./s1. The number of hydrogen-bond acceptors (Lipinski definition) is 7. The molecule has 1 unspecified atom stereocenters. The van der Waals surface area contributed by atoms with Gasteiger partial charge in [-0.2, -0.15) is 0 Å². The van der Waals surface area contributed by atoms with E-state index in [2.05, 4.69) is 48.6 Å². The molecular formula is C40H50ClN5O5S. The van der Waals surface area contributed by atoms with Crippen LogP contribution in [-0.4, -0.2) is 59.8 Å². The van der Waals surface area contributed by atoms with Crippen molar-refractivity contribution in [3.05, 3.63) is 94.3 Å². The molecule has 1 spiro atoms. The molecule has 1 aromatic heterocycles. The summed E-state index contributed by atoms with van der Waals surface area (Å²) < 4.78 is 34.0. The molecule has 1 saturated carbocycles. The van der Waals surface area contributed by atoms with Gasteiger partial charge in [-0.05, 0) is 117 Å². The number of amides is 3. The summed E-state index contributed by atoms with van der Waals surface area (Å²) in [6.07, 6.45) is 11.4. The zero-order valence-electron chi connectivity index (χ0n) is 29.4. The molecule has 2 aliphatic carbocycles. The van der Waals surface area contributed by atoms with E-state index < -0.39 is 21.9 Å². The predicted octanol–water partition coefficient (Wildman–Crippen LogP) is 8.13. The van der Waals surface area contributed by atoms with Crippen LogP contribution in [0.5, 0.6) is 5.75 Å². The number of anilines is 2. The van der Waals surface area contributed by atoms with Gasteiger partial charge in [0.25, 0.3) is 5.91 Å². The Morgan fingerprint density at radius 1 is 1.15 bits per heavy atom. The number of benzene rings is 2. The number of halogens is 1. The van der Waals surface area contributed by atoms with Crippen LogP contribution in [0.1, 0.15) is 73.6 Å². The molecule has 7 rings (SSSR count). The number of fused-ring (bicyclic) bond motifs is 4. The molecule has 52 heavy (non-hydrogen) atoms. The van der Waals surface area contributed by atoms with Crippen molar-refractivity contribution >= 4 is 44.8 Å². The van der Waals surface area contributed by atoms with Gasteiger partial charge in [0, 0.05) is 53.8 Å². The highest BCUT2D eigenvalue weighted by Gasteiger charge is 2.44. The maximum Gasteiger partial charge on any atom is 0.331 e. The molecule has 278 valence electrons. The van der Waals surface area contributed by atoms with E-state index in [4.69, 9.17) is 21.1 Å². The van der Waals surface area contributed by atoms with Crippen LogP contribution in [0.25, 0.3) is 0 Å². The lowest BCUT2D eigenvalue weighted by molar-refractivity contribution is 0.0131. The first-order chi connectivity index (χ1) is 24.5. The lowest BCUT2D eigenvalue weighted by atomic mass is 9.68. The molecule has 2 bridgehead atoms. The predicted molar refractivity (Wildman–Crippen MR) is 208 cm³/mol. The van der Waals surface area contributed by atoms with E-state index >= 15 is 0 Å². The van der Waals surface area contributed by atoms with Crippen LogP contribution in [-0.2, 0) is 26.5 Å². The number of aryl methyl sites for hydroxylation is 2. The Bertz CT molecular complexity index is 1980. The minimum absolute atomic E-state index is 0. The fourth-order valence-corrected chi connectivity index (χ4v) is 10.3. The first-order valence-corrected chi connectivity index (χ1v) is 19.9. The molecule has 12 heteroatoms. The highest BCUT2D eigenvalue weighted by Crippen LogP contribution is 2.47. The van der Waals surface area contributed by atoms with Gasteiger partial charge >= 0.3 is 6.03 Å². The van der Waals surface area contributed by atoms with Crippen molar-refractivity contribution in [2.45, 2.75) is 71.3 Å². The molecule has 2 aliphatic heterocycles. The summed E-state index contributed by atoms with van der Waals surface area (Å²) in [5, 5.41) is 3.45. The second-order valence-corrected chi connectivity index (χ2v) is 17.1. The van der Waals surface area contributed by atoms with Crippen molar-refractivity contribution in [2.24, 2.45) is 22.1 Å². The molecule has 3 heterocycles. The van der Waals surface area contributed by atoms with Crippen molar-refractivity contribution in [3.8, 4) is 5.75 Å². The Morgan fingerprint density at radius 3 is 2.77 bits per heavy atom. The Hall–Kier alpha value is -3.93. The first kappa shape index (κ1) is 37.8. The summed E-state index contributed by atoms with van der Waals surface area (Å²) in [5.74, 6) is 0.593. The van der Waals surface area contributed by atoms with E-state index in [0.717, 1.165) is 49.4 Å². The number of rotatable bonds is 3. The lowest BCUT2D eigenvalue weighted by Crippen LogP contribution is -2.49. The van der Waals surface area contributed by atoms with Crippen LogP contribution in [0.15, 0.2) is 71.2 Å². The second kappa shape index (κ2) is 15.6. The van der Waals surface area contributed by atoms with Crippen LogP contribution in [0, 0.1) is 24.7 Å². The minimum atomic E-state index is -3.55. The maximum absolute atomic E-state index is 14.5. The lowest BCUT2D eigenvalue weighted by Gasteiger charge is -2.46. The van der Waals surface area contributed by atoms with Crippen molar-refractivity contribution in [1.29, 1.82) is 0 Å². The van der Waals surface area contributed by atoms with Gasteiger partial charge in [0.05, 0.1) is 24.2 Å². The Balaban J connectivity index is 0.00000464. The number of carbonyl (C=O) groups is 2. The minimum Gasteiger partial charge on any atom is -0.490 e. The molecular weight excluding hydrogens is 698 g/mol. The van der Waals surface area contributed by atoms with Gasteiger partial charge in [-0.3, -0.25) is 9.78 Å². The molecule has 2 N–H and O–H groups in total. The van der Waals surface area contributed by atoms with Gasteiger partial charge in [0.15, 0.2) is 0 Å². The third-order valence-corrected chi connectivity index (χ3v) is 13.1. The summed E-state index contributed by atoms with van der Waals surface area (Å²) in [6, 6.07) is 14.2. The number of methoxy groups -OCH3 is 1. The highest BCUT2D eigenvalue weighted by molar-refractivity contribution is 7.92. The zero-order chi connectivity index (χ0) is 35.8. The third kappa shape index (κ3) is 8.01. The van der Waals surface area contributed by atoms with Crippen LogP contribution in [0.2, 0.25) is 5.02 Å².